The predicted molar refractivity (Wildman–Crippen MR) is 96.1 cm³/mol. The number of rotatable bonds is 7. The highest BCUT2D eigenvalue weighted by atomic mass is 16.6. The predicted octanol–water partition coefficient (Wildman–Crippen LogP) is 2.35. The van der Waals surface area contributed by atoms with Crippen molar-refractivity contribution in [3.63, 3.8) is 0 Å². The number of carbonyl (C=O) groups excluding carboxylic acids is 2. The number of amides is 2. The van der Waals surface area contributed by atoms with Gasteiger partial charge in [-0.3, -0.25) is 19.7 Å². The minimum atomic E-state index is -0.551. The summed E-state index contributed by atoms with van der Waals surface area (Å²) in [5, 5.41) is 15.9. The van der Waals surface area contributed by atoms with Gasteiger partial charge in [0.1, 0.15) is 5.75 Å². The van der Waals surface area contributed by atoms with Crippen LogP contribution in [0.3, 0.4) is 0 Å². The molecule has 2 rings (SSSR count). The van der Waals surface area contributed by atoms with Crippen LogP contribution in [0.1, 0.15) is 11.1 Å². The molecule has 0 spiro atoms. The number of carbonyl (C=O) groups is 2. The van der Waals surface area contributed by atoms with Gasteiger partial charge in [-0.25, -0.2) is 0 Å². The Balaban J connectivity index is 1.79. The molecule has 0 saturated carbocycles. The fraction of sp³-hybridized carbons (Fsp3) is 0.222. The lowest BCUT2D eigenvalue weighted by molar-refractivity contribution is -0.384. The standard InChI is InChI=1S/C18H19N3O5/c1-12-5-3-8-16(13(12)2)20-17(22)10-19-18(23)11-26-15-7-4-6-14(9-15)21(24)25/h3-9H,10-11H2,1-2H3,(H,19,23)(H,20,22). The molecule has 0 aromatic heterocycles. The third-order valence-corrected chi connectivity index (χ3v) is 3.72. The number of nitro benzene ring substituents is 1. The molecular formula is C18H19N3O5. The van der Waals surface area contributed by atoms with Crippen LogP contribution < -0.4 is 15.4 Å². The minimum absolute atomic E-state index is 0.129. The molecule has 2 amide bonds. The molecule has 0 aliphatic heterocycles. The number of nitro groups is 1. The molecule has 0 aliphatic rings. The van der Waals surface area contributed by atoms with Gasteiger partial charge in [0.25, 0.3) is 11.6 Å². The van der Waals surface area contributed by atoms with Crippen LogP contribution >= 0.6 is 0 Å². The zero-order chi connectivity index (χ0) is 19.1. The van der Waals surface area contributed by atoms with Crippen LogP contribution in [0.25, 0.3) is 0 Å². The Kier molecular flexibility index (Phi) is 6.26. The maximum Gasteiger partial charge on any atom is 0.273 e. The molecule has 8 heteroatoms. The molecular weight excluding hydrogens is 338 g/mol. The molecule has 0 heterocycles. The Labute approximate surface area is 150 Å². The van der Waals surface area contributed by atoms with Gasteiger partial charge in [0.05, 0.1) is 17.5 Å². The van der Waals surface area contributed by atoms with Crippen LogP contribution in [0.15, 0.2) is 42.5 Å². The lowest BCUT2D eigenvalue weighted by Gasteiger charge is -2.11. The molecule has 0 unspecified atom stereocenters. The second kappa shape index (κ2) is 8.61. The van der Waals surface area contributed by atoms with Crippen LogP contribution in [-0.4, -0.2) is 29.9 Å². The highest BCUT2D eigenvalue weighted by Crippen LogP contribution is 2.19. The van der Waals surface area contributed by atoms with Crippen LogP contribution in [0.5, 0.6) is 5.75 Å². The lowest BCUT2D eigenvalue weighted by Crippen LogP contribution is -2.35. The first kappa shape index (κ1) is 18.9. The summed E-state index contributed by atoms with van der Waals surface area (Å²) in [7, 11) is 0. The molecule has 136 valence electrons. The number of anilines is 1. The van der Waals surface area contributed by atoms with E-state index in [9.17, 15) is 19.7 Å². The van der Waals surface area contributed by atoms with Crippen molar-refractivity contribution < 1.29 is 19.2 Å². The average Bonchev–Trinajstić information content (AvgIpc) is 2.62. The third-order valence-electron chi connectivity index (χ3n) is 3.72. The first-order valence-corrected chi connectivity index (χ1v) is 7.87. The van der Waals surface area contributed by atoms with E-state index in [-0.39, 0.29) is 30.5 Å². The average molecular weight is 357 g/mol. The molecule has 26 heavy (non-hydrogen) atoms. The van der Waals surface area contributed by atoms with E-state index in [1.165, 1.54) is 24.3 Å². The second-order valence-corrected chi connectivity index (χ2v) is 5.62. The van der Waals surface area contributed by atoms with E-state index in [1.54, 1.807) is 6.07 Å². The quantitative estimate of drug-likeness (QED) is 0.584. The van der Waals surface area contributed by atoms with Crippen molar-refractivity contribution in [1.82, 2.24) is 5.32 Å². The third kappa shape index (κ3) is 5.30. The molecule has 0 radical (unpaired) electrons. The van der Waals surface area contributed by atoms with E-state index < -0.39 is 10.8 Å². The van der Waals surface area contributed by atoms with Gasteiger partial charge < -0.3 is 15.4 Å². The van der Waals surface area contributed by atoms with Gasteiger partial charge in [-0.05, 0) is 37.1 Å². The SMILES string of the molecule is Cc1cccc(NC(=O)CNC(=O)COc2cccc([N+](=O)[O-])c2)c1C. The number of hydrogen-bond donors (Lipinski definition) is 2. The summed E-state index contributed by atoms with van der Waals surface area (Å²) in [6.45, 7) is 3.29. The Bertz CT molecular complexity index is 835. The molecule has 0 bridgehead atoms. The number of ether oxygens (including phenoxy) is 1. The van der Waals surface area contributed by atoms with E-state index in [0.29, 0.717) is 5.69 Å². The maximum absolute atomic E-state index is 11.9. The zero-order valence-corrected chi connectivity index (χ0v) is 14.4. The van der Waals surface area contributed by atoms with Gasteiger partial charge in [0, 0.05) is 11.8 Å². The number of aryl methyl sites for hydroxylation is 1. The number of nitrogens with one attached hydrogen (secondary N) is 2. The molecule has 0 saturated heterocycles. The molecule has 2 aromatic rings. The smallest absolute Gasteiger partial charge is 0.273 e. The summed E-state index contributed by atoms with van der Waals surface area (Å²) >= 11 is 0. The molecule has 0 atom stereocenters. The van der Waals surface area contributed by atoms with Crippen molar-refractivity contribution in [1.29, 1.82) is 0 Å². The first-order valence-electron chi connectivity index (χ1n) is 7.87. The van der Waals surface area contributed by atoms with Gasteiger partial charge in [0.2, 0.25) is 5.91 Å². The van der Waals surface area contributed by atoms with Crippen LogP contribution in [0, 0.1) is 24.0 Å². The van der Waals surface area contributed by atoms with E-state index >= 15 is 0 Å². The summed E-state index contributed by atoms with van der Waals surface area (Å²) in [6.07, 6.45) is 0. The van der Waals surface area contributed by atoms with Gasteiger partial charge in [-0.1, -0.05) is 18.2 Å². The fourth-order valence-electron chi connectivity index (χ4n) is 2.15. The largest absolute Gasteiger partial charge is 0.484 e. The zero-order valence-electron chi connectivity index (χ0n) is 14.4. The van der Waals surface area contributed by atoms with E-state index in [4.69, 9.17) is 4.74 Å². The van der Waals surface area contributed by atoms with Crippen LogP contribution in [0.4, 0.5) is 11.4 Å². The van der Waals surface area contributed by atoms with Crippen molar-refractivity contribution in [2.45, 2.75) is 13.8 Å². The van der Waals surface area contributed by atoms with Gasteiger partial charge in [-0.2, -0.15) is 0 Å². The van der Waals surface area contributed by atoms with Crippen molar-refractivity contribution >= 4 is 23.2 Å². The van der Waals surface area contributed by atoms with Gasteiger partial charge in [0.15, 0.2) is 6.61 Å². The number of benzene rings is 2. The molecule has 2 aromatic carbocycles. The second-order valence-electron chi connectivity index (χ2n) is 5.62. The molecule has 2 N–H and O–H groups in total. The summed E-state index contributed by atoms with van der Waals surface area (Å²) in [6, 6.07) is 11.1. The Morgan fingerprint density at radius 1 is 1.12 bits per heavy atom. The molecule has 8 nitrogen and oxygen atoms in total. The maximum atomic E-state index is 11.9. The normalized spacial score (nSPS) is 10.1. The van der Waals surface area contributed by atoms with Crippen molar-refractivity contribution in [3.8, 4) is 5.75 Å². The summed E-state index contributed by atoms with van der Waals surface area (Å²) in [5.41, 5.74) is 2.58. The van der Waals surface area contributed by atoms with Gasteiger partial charge in [-0.15, -0.1) is 0 Å². The first-order chi connectivity index (χ1) is 12.4. The van der Waals surface area contributed by atoms with Gasteiger partial charge >= 0.3 is 0 Å². The topological polar surface area (TPSA) is 111 Å². The van der Waals surface area contributed by atoms with Crippen molar-refractivity contribution in [3.05, 3.63) is 63.7 Å². The van der Waals surface area contributed by atoms with Crippen molar-refractivity contribution in [2.24, 2.45) is 0 Å². The summed E-state index contributed by atoms with van der Waals surface area (Å²) < 4.78 is 5.20. The Morgan fingerprint density at radius 3 is 2.58 bits per heavy atom. The van der Waals surface area contributed by atoms with E-state index in [0.717, 1.165) is 11.1 Å². The molecule has 0 fully saturated rings. The fourth-order valence-corrected chi connectivity index (χ4v) is 2.15. The highest BCUT2D eigenvalue weighted by Gasteiger charge is 2.10. The monoisotopic (exact) mass is 357 g/mol. The summed E-state index contributed by atoms with van der Waals surface area (Å²) in [4.78, 5) is 33.8. The van der Waals surface area contributed by atoms with E-state index in [2.05, 4.69) is 10.6 Å². The highest BCUT2D eigenvalue weighted by molar-refractivity contribution is 5.95. The van der Waals surface area contributed by atoms with E-state index in [1.807, 2.05) is 26.0 Å². The minimum Gasteiger partial charge on any atom is -0.484 e. The van der Waals surface area contributed by atoms with Crippen LogP contribution in [-0.2, 0) is 9.59 Å². The Morgan fingerprint density at radius 2 is 1.85 bits per heavy atom. The lowest BCUT2D eigenvalue weighted by atomic mass is 10.1. The number of nitrogens with zero attached hydrogens (tertiary/aromatic N) is 1. The number of hydrogen-bond acceptors (Lipinski definition) is 5. The van der Waals surface area contributed by atoms with Crippen molar-refractivity contribution in [2.75, 3.05) is 18.5 Å². The Hall–Kier alpha value is -3.42. The van der Waals surface area contributed by atoms with Crippen LogP contribution in [0.2, 0.25) is 0 Å². The molecule has 0 aliphatic carbocycles. The summed E-state index contributed by atoms with van der Waals surface area (Å²) in [5.74, 6) is -0.663. The number of non-ortho nitro benzene ring substituents is 1.